The molecular formula is C8H11BrO5. The van der Waals surface area contributed by atoms with Crippen LogP contribution < -0.4 is 0 Å². The number of alkyl halides is 1. The lowest BCUT2D eigenvalue weighted by atomic mass is 9.91. The highest BCUT2D eigenvalue weighted by Crippen LogP contribution is 2.33. The minimum atomic E-state index is -1.12. The van der Waals surface area contributed by atoms with Gasteiger partial charge in [0.15, 0.2) is 0 Å². The van der Waals surface area contributed by atoms with Crippen LogP contribution in [0, 0.1) is 5.92 Å². The lowest BCUT2D eigenvalue weighted by Gasteiger charge is -2.27. The van der Waals surface area contributed by atoms with Crippen LogP contribution in [0.15, 0.2) is 0 Å². The highest BCUT2D eigenvalue weighted by molar-refractivity contribution is 9.10. The Morgan fingerprint density at radius 1 is 1.79 bits per heavy atom. The molecule has 0 saturated carbocycles. The van der Waals surface area contributed by atoms with Gasteiger partial charge in [-0.3, -0.25) is 4.79 Å². The fourth-order valence-corrected chi connectivity index (χ4v) is 1.43. The molecule has 0 bridgehead atoms. The molecule has 1 heterocycles. The van der Waals surface area contributed by atoms with Crippen molar-refractivity contribution in [1.82, 2.24) is 0 Å². The Morgan fingerprint density at radius 3 is 2.71 bits per heavy atom. The Bertz CT molecular complexity index is 262. The van der Waals surface area contributed by atoms with Crippen molar-refractivity contribution in [3.63, 3.8) is 0 Å². The molecule has 0 aromatic carbocycles. The number of carboxylic acids is 1. The van der Waals surface area contributed by atoms with Crippen molar-refractivity contribution in [3.8, 4) is 0 Å². The molecule has 14 heavy (non-hydrogen) atoms. The standard InChI is InChI=1S/C8H11BrO5/c1-4(8(2,9)6(10)11)5-3-13-7(12)14-5/h4-5H,3H2,1-2H3,(H,10,11). The smallest absolute Gasteiger partial charge is 0.480 e. The summed E-state index contributed by atoms with van der Waals surface area (Å²) >= 11 is 3.10. The second kappa shape index (κ2) is 3.76. The van der Waals surface area contributed by atoms with Crippen molar-refractivity contribution >= 4 is 28.1 Å². The molecule has 5 nitrogen and oxygen atoms in total. The molecule has 80 valence electrons. The number of hydrogen-bond acceptors (Lipinski definition) is 4. The molecule has 0 aromatic rings. The van der Waals surface area contributed by atoms with Gasteiger partial charge < -0.3 is 14.6 Å². The van der Waals surface area contributed by atoms with Gasteiger partial charge in [-0.1, -0.05) is 22.9 Å². The third kappa shape index (κ3) is 2.00. The Hall–Kier alpha value is -0.780. The van der Waals surface area contributed by atoms with E-state index >= 15 is 0 Å². The lowest BCUT2D eigenvalue weighted by Crippen LogP contribution is -2.42. The summed E-state index contributed by atoms with van der Waals surface area (Å²) in [6.07, 6.45) is -1.25. The Morgan fingerprint density at radius 2 is 2.36 bits per heavy atom. The van der Waals surface area contributed by atoms with Crippen molar-refractivity contribution < 1.29 is 24.2 Å². The molecule has 0 aliphatic carbocycles. The highest BCUT2D eigenvalue weighted by atomic mass is 79.9. The van der Waals surface area contributed by atoms with Gasteiger partial charge in [0, 0.05) is 5.92 Å². The lowest BCUT2D eigenvalue weighted by molar-refractivity contribution is -0.141. The Balaban J connectivity index is 2.69. The predicted molar refractivity (Wildman–Crippen MR) is 50.4 cm³/mol. The van der Waals surface area contributed by atoms with E-state index in [1.54, 1.807) is 6.92 Å². The number of halogens is 1. The van der Waals surface area contributed by atoms with E-state index in [2.05, 4.69) is 20.7 Å². The molecular weight excluding hydrogens is 256 g/mol. The molecule has 0 aromatic heterocycles. The van der Waals surface area contributed by atoms with Crippen LogP contribution in [0.4, 0.5) is 4.79 Å². The maximum atomic E-state index is 10.9. The summed E-state index contributed by atoms with van der Waals surface area (Å²) in [5.74, 6) is -1.36. The van der Waals surface area contributed by atoms with Gasteiger partial charge in [0.1, 0.15) is 17.0 Å². The topological polar surface area (TPSA) is 72.8 Å². The minimum absolute atomic E-state index is 0.106. The molecule has 3 atom stereocenters. The predicted octanol–water partition coefficient (Wildman–Crippen LogP) is 1.40. The quantitative estimate of drug-likeness (QED) is 0.618. The molecule has 1 aliphatic heterocycles. The van der Waals surface area contributed by atoms with E-state index in [1.807, 2.05) is 0 Å². The fraction of sp³-hybridized carbons (Fsp3) is 0.750. The van der Waals surface area contributed by atoms with Crippen LogP contribution in [0.1, 0.15) is 13.8 Å². The zero-order valence-corrected chi connectivity index (χ0v) is 9.41. The van der Waals surface area contributed by atoms with Crippen molar-refractivity contribution in [3.05, 3.63) is 0 Å². The summed E-state index contributed by atoms with van der Waals surface area (Å²) in [6, 6.07) is 0. The van der Waals surface area contributed by atoms with Gasteiger partial charge >= 0.3 is 12.1 Å². The zero-order valence-electron chi connectivity index (χ0n) is 7.82. The first kappa shape index (κ1) is 11.3. The van der Waals surface area contributed by atoms with Crippen molar-refractivity contribution in [2.45, 2.75) is 24.3 Å². The number of rotatable bonds is 3. The van der Waals surface area contributed by atoms with E-state index in [1.165, 1.54) is 6.92 Å². The molecule has 0 spiro atoms. The molecule has 3 unspecified atom stereocenters. The van der Waals surface area contributed by atoms with Crippen LogP contribution in [0.3, 0.4) is 0 Å². The number of carboxylic acid groups (broad SMARTS) is 1. The molecule has 1 aliphatic rings. The summed E-state index contributed by atoms with van der Waals surface area (Å²) < 4.78 is 8.27. The molecule has 1 N–H and O–H groups in total. The summed E-state index contributed by atoms with van der Waals surface area (Å²) in [5, 5.41) is 8.91. The average molecular weight is 267 g/mol. The van der Waals surface area contributed by atoms with Crippen LogP contribution >= 0.6 is 15.9 Å². The van der Waals surface area contributed by atoms with Gasteiger partial charge in [0.2, 0.25) is 0 Å². The third-order valence-corrected chi connectivity index (χ3v) is 3.51. The third-order valence-electron chi connectivity index (χ3n) is 2.44. The van der Waals surface area contributed by atoms with Crippen molar-refractivity contribution in [2.75, 3.05) is 6.61 Å². The number of carbonyl (C=O) groups excluding carboxylic acids is 1. The number of ether oxygens (including phenoxy) is 2. The van der Waals surface area contributed by atoms with E-state index in [0.717, 1.165) is 0 Å². The van der Waals surface area contributed by atoms with Gasteiger partial charge in [0.25, 0.3) is 0 Å². The monoisotopic (exact) mass is 266 g/mol. The molecule has 1 saturated heterocycles. The van der Waals surface area contributed by atoms with Gasteiger partial charge in [-0.05, 0) is 6.92 Å². The van der Waals surface area contributed by atoms with Crippen molar-refractivity contribution in [2.24, 2.45) is 5.92 Å². The van der Waals surface area contributed by atoms with Crippen molar-refractivity contribution in [1.29, 1.82) is 0 Å². The number of aliphatic carboxylic acids is 1. The first-order chi connectivity index (χ1) is 6.35. The maximum Gasteiger partial charge on any atom is 0.508 e. The molecule has 6 heteroatoms. The summed E-state index contributed by atoms with van der Waals surface area (Å²) in [5.41, 5.74) is 0. The second-order valence-electron chi connectivity index (χ2n) is 3.39. The average Bonchev–Trinajstić information content (AvgIpc) is 2.50. The first-order valence-corrected chi connectivity index (χ1v) is 4.90. The Labute approximate surface area is 89.5 Å². The van der Waals surface area contributed by atoms with E-state index in [4.69, 9.17) is 9.84 Å². The van der Waals surface area contributed by atoms with E-state index in [9.17, 15) is 9.59 Å². The van der Waals surface area contributed by atoms with Gasteiger partial charge in [-0.25, -0.2) is 4.79 Å². The minimum Gasteiger partial charge on any atom is -0.480 e. The van der Waals surface area contributed by atoms with Crippen LogP contribution in [0.2, 0.25) is 0 Å². The Kier molecular flexibility index (Phi) is 3.04. The van der Waals surface area contributed by atoms with Crippen LogP contribution in [-0.2, 0) is 14.3 Å². The highest BCUT2D eigenvalue weighted by Gasteiger charge is 2.44. The summed E-state index contributed by atoms with van der Waals surface area (Å²) in [4.78, 5) is 21.5. The van der Waals surface area contributed by atoms with Gasteiger partial charge in [0.05, 0.1) is 0 Å². The van der Waals surface area contributed by atoms with E-state index in [-0.39, 0.29) is 12.5 Å². The zero-order chi connectivity index (χ0) is 10.9. The summed E-state index contributed by atoms with van der Waals surface area (Å²) in [6.45, 7) is 3.32. The largest absolute Gasteiger partial charge is 0.508 e. The fourth-order valence-electron chi connectivity index (χ4n) is 1.13. The van der Waals surface area contributed by atoms with Gasteiger partial charge in [-0.2, -0.15) is 0 Å². The number of hydrogen-bond donors (Lipinski definition) is 1. The van der Waals surface area contributed by atoms with E-state index in [0.29, 0.717) is 0 Å². The SMILES string of the molecule is CC(C1COC(=O)O1)C(C)(Br)C(=O)O. The normalized spacial score (nSPS) is 27.4. The first-order valence-electron chi connectivity index (χ1n) is 4.11. The maximum absolute atomic E-state index is 10.9. The van der Waals surface area contributed by atoms with Crippen LogP contribution in [0.5, 0.6) is 0 Å². The molecule has 1 rings (SSSR count). The number of cyclic esters (lactones) is 2. The second-order valence-corrected chi connectivity index (χ2v) is 5.03. The molecule has 0 amide bonds. The molecule has 1 fully saturated rings. The number of carbonyl (C=O) groups is 2. The summed E-state index contributed by atoms with van der Waals surface area (Å²) in [7, 11) is 0. The van der Waals surface area contributed by atoms with Crippen LogP contribution in [-0.4, -0.2) is 34.3 Å². The van der Waals surface area contributed by atoms with E-state index < -0.39 is 22.6 Å². The van der Waals surface area contributed by atoms with Crippen LogP contribution in [0.25, 0.3) is 0 Å². The molecule has 0 radical (unpaired) electrons. The van der Waals surface area contributed by atoms with Gasteiger partial charge in [-0.15, -0.1) is 0 Å².